The number of pyridine rings is 1. The molecule has 0 aliphatic carbocycles. The van der Waals surface area contributed by atoms with Gasteiger partial charge in [0.1, 0.15) is 0 Å². The summed E-state index contributed by atoms with van der Waals surface area (Å²) in [5.41, 5.74) is 3.59. The second-order valence-electron chi connectivity index (χ2n) is 5.17. The molecular formula is C19H16N2S. The van der Waals surface area contributed by atoms with Crippen LogP contribution in [-0.2, 0) is 0 Å². The maximum absolute atomic E-state index is 4.58. The van der Waals surface area contributed by atoms with Gasteiger partial charge in [0.05, 0.1) is 17.4 Å². The number of rotatable bonds is 3. The molecule has 0 N–H and O–H groups in total. The number of hydrogen-bond donors (Lipinski definition) is 0. The van der Waals surface area contributed by atoms with Gasteiger partial charge in [0.15, 0.2) is 5.16 Å². The zero-order valence-corrected chi connectivity index (χ0v) is 13.2. The van der Waals surface area contributed by atoms with Gasteiger partial charge in [-0.15, -0.1) is 0 Å². The molecule has 4 rings (SSSR count). The molecule has 4 aromatic rings. The van der Waals surface area contributed by atoms with Crippen LogP contribution in [0.15, 0.2) is 72.0 Å². The van der Waals surface area contributed by atoms with Crippen molar-refractivity contribution in [3.05, 3.63) is 66.9 Å². The summed E-state index contributed by atoms with van der Waals surface area (Å²) in [4.78, 5) is 4.58. The van der Waals surface area contributed by atoms with Crippen LogP contribution in [0.1, 0.15) is 6.92 Å². The van der Waals surface area contributed by atoms with Gasteiger partial charge in [0.2, 0.25) is 0 Å². The highest BCUT2D eigenvalue weighted by Gasteiger charge is 2.11. The fourth-order valence-corrected chi connectivity index (χ4v) is 3.63. The summed E-state index contributed by atoms with van der Waals surface area (Å²) in [6.45, 7) is 2.16. The molecule has 2 aromatic heterocycles. The molecule has 0 saturated heterocycles. The lowest BCUT2D eigenvalue weighted by molar-refractivity contribution is 0.966. The van der Waals surface area contributed by atoms with Crippen molar-refractivity contribution in [1.82, 2.24) is 9.38 Å². The summed E-state index contributed by atoms with van der Waals surface area (Å²) in [5, 5.41) is 3.60. The SMILES string of the molecule is CCSc1ncc2cccc(-c3cccc4ccccc34)n12. The molecule has 0 unspecified atom stereocenters. The van der Waals surface area contributed by atoms with E-state index in [4.69, 9.17) is 0 Å². The first-order valence-electron chi connectivity index (χ1n) is 7.46. The Kier molecular flexibility index (Phi) is 3.35. The molecule has 0 spiro atoms. The largest absolute Gasteiger partial charge is 0.287 e. The molecule has 0 bridgehead atoms. The highest BCUT2D eigenvalue weighted by molar-refractivity contribution is 7.99. The summed E-state index contributed by atoms with van der Waals surface area (Å²) < 4.78 is 2.26. The molecule has 0 radical (unpaired) electrons. The third kappa shape index (κ3) is 2.09. The number of aromatic nitrogens is 2. The molecular weight excluding hydrogens is 288 g/mol. The van der Waals surface area contributed by atoms with Gasteiger partial charge >= 0.3 is 0 Å². The Morgan fingerprint density at radius 2 is 1.77 bits per heavy atom. The molecule has 22 heavy (non-hydrogen) atoms. The molecule has 0 atom stereocenters. The molecule has 0 aliphatic rings. The Labute approximate surface area is 133 Å². The van der Waals surface area contributed by atoms with E-state index in [0.717, 1.165) is 16.4 Å². The standard InChI is InChI=1S/C19H16N2S/c1-2-22-19-20-13-15-9-6-12-18(21(15)19)17-11-5-8-14-7-3-4-10-16(14)17/h3-13H,2H2,1H3. The van der Waals surface area contributed by atoms with E-state index in [9.17, 15) is 0 Å². The Morgan fingerprint density at radius 3 is 2.68 bits per heavy atom. The first kappa shape index (κ1) is 13.4. The fraction of sp³-hybridized carbons (Fsp3) is 0.105. The summed E-state index contributed by atoms with van der Waals surface area (Å²) in [7, 11) is 0. The van der Waals surface area contributed by atoms with E-state index in [1.165, 1.54) is 22.0 Å². The second kappa shape index (κ2) is 5.50. The number of benzene rings is 2. The van der Waals surface area contributed by atoms with E-state index in [0.29, 0.717) is 0 Å². The number of nitrogens with zero attached hydrogens (tertiary/aromatic N) is 2. The van der Waals surface area contributed by atoms with Crippen molar-refractivity contribution < 1.29 is 0 Å². The van der Waals surface area contributed by atoms with E-state index >= 15 is 0 Å². The van der Waals surface area contributed by atoms with Crippen molar-refractivity contribution in [3.63, 3.8) is 0 Å². The van der Waals surface area contributed by atoms with E-state index in [-0.39, 0.29) is 0 Å². The summed E-state index contributed by atoms with van der Waals surface area (Å²) in [6, 6.07) is 21.4. The van der Waals surface area contributed by atoms with Crippen LogP contribution in [-0.4, -0.2) is 15.1 Å². The molecule has 0 saturated carbocycles. The first-order valence-corrected chi connectivity index (χ1v) is 8.44. The first-order chi connectivity index (χ1) is 10.9. The zero-order chi connectivity index (χ0) is 14.9. The van der Waals surface area contributed by atoms with Crippen molar-refractivity contribution in [2.75, 3.05) is 5.75 Å². The number of imidazole rings is 1. The van der Waals surface area contributed by atoms with Crippen LogP contribution in [0, 0.1) is 0 Å². The Hall–Kier alpha value is -2.26. The minimum atomic E-state index is 1.02. The van der Waals surface area contributed by atoms with E-state index in [2.05, 4.69) is 77.0 Å². The minimum absolute atomic E-state index is 1.02. The van der Waals surface area contributed by atoms with Crippen molar-refractivity contribution in [2.45, 2.75) is 12.1 Å². The van der Waals surface area contributed by atoms with Crippen LogP contribution in [0.3, 0.4) is 0 Å². The fourth-order valence-electron chi connectivity index (χ4n) is 2.91. The molecule has 2 aromatic carbocycles. The van der Waals surface area contributed by atoms with Gasteiger partial charge in [-0.2, -0.15) is 0 Å². The van der Waals surface area contributed by atoms with Crippen LogP contribution in [0.25, 0.3) is 27.5 Å². The highest BCUT2D eigenvalue weighted by Crippen LogP contribution is 2.31. The zero-order valence-electron chi connectivity index (χ0n) is 12.4. The van der Waals surface area contributed by atoms with Gasteiger partial charge < -0.3 is 0 Å². The number of hydrogen-bond acceptors (Lipinski definition) is 2. The maximum atomic E-state index is 4.58. The molecule has 2 heterocycles. The van der Waals surface area contributed by atoms with Gasteiger partial charge in [0, 0.05) is 5.56 Å². The van der Waals surface area contributed by atoms with Crippen molar-refractivity contribution in [1.29, 1.82) is 0 Å². The van der Waals surface area contributed by atoms with E-state index in [1.807, 2.05) is 6.20 Å². The lowest BCUT2D eigenvalue weighted by atomic mass is 10.0. The molecule has 2 nitrogen and oxygen atoms in total. The minimum Gasteiger partial charge on any atom is -0.287 e. The van der Waals surface area contributed by atoms with Gasteiger partial charge in [-0.3, -0.25) is 4.40 Å². The molecule has 108 valence electrons. The quantitative estimate of drug-likeness (QED) is 0.480. The van der Waals surface area contributed by atoms with Crippen molar-refractivity contribution in [2.24, 2.45) is 0 Å². The van der Waals surface area contributed by atoms with Crippen LogP contribution in [0.5, 0.6) is 0 Å². The predicted octanol–water partition coefficient (Wildman–Crippen LogP) is 5.27. The van der Waals surface area contributed by atoms with Gasteiger partial charge in [0.25, 0.3) is 0 Å². The third-order valence-corrected chi connectivity index (χ3v) is 4.69. The van der Waals surface area contributed by atoms with Crippen molar-refractivity contribution >= 4 is 28.1 Å². The molecule has 3 heteroatoms. The predicted molar refractivity (Wildman–Crippen MR) is 94.5 cm³/mol. The third-order valence-electron chi connectivity index (χ3n) is 3.86. The van der Waals surface area contributed by atoms with Crippen LogP contribution in [0.2, 0.25) is 0 Å². The average molecular weight is 304 g/mol. The second-order valence-corrected chi connectivity index (χ2v) is 6.40. The van der Waals surface area contributed by atoms with Crippen LogP contribution < -0.4 is 0 Å². The molecule has 0 fully saturated rings. The molecule has 0 aliphatic heterocycles. The maximum Gasteiger partial charge on any atom is 0.173 e. The van der Waals surface area contributed by atoms with Crippen LogP contribution in [0.4, 0.5) is 0 Å². The van der Waals surface area contributed by atoms with E-state index < -0.39 is 0 Å². The Bertz CT molecular complexity index is 951. The Morgan fingerprint density at radius 1 is 0.955 bits per heavy atom. The monoisotopic (exact) mass is 304 g/mol. The van der Waals surface area contributed by atoms with Crippen molar-refractivity contribution in [3.8, 4) is 11.3 Å². The van der Waals surface area contributed by atoms with Crippen LogP contribution >= 0.6 is 11.8 Å². The van der Waals surface area contributed by atoms with Gasteiger partial charge in [-0.25, -0.2) is 4.98 Å². The lowest BCUT2D eigenvalue weighted by Crippen LogP contribution is -1.94. The van der Waals surface area contributed by atoms with Gasteiger partial charge in [-0.1, -0.05) is 67.2 Å². The summed E-state index contributed by atoms with van der Waals surface area (Å²) in [6.07, 6.45) is 1.95. The number of thioether (sulfide) groups is 1. The molecule has 0 amide bonds. The average Bonchev–Trinajstić information content (AvgIpc) is 2.98. The smallest absolute Gasteiger partial charge is 0.173 e. The summed E-state index contributed by atoms with van der Waals surface area (Å²) >= 11 is 1.78. The number of fused-ring (bicyclic) bond motifs is 2. The van der Waals surface area contributed by atoms with E-state index in [1.54, 1.807) is 11.8 Å². The normalized spacial score (nSPS) is 11.3. The topological polar surface area (TPSA) is 17.3 Å². The summed E-state index contributed by atoms with van der Waals surface area (Å²) in [5.74, 6) is 1.02. The lowest BCUT2D eigenvalue weighted by Gasteiger charge is -2.11. The highest BCUT2D eigenvalue weighted by atomic mass is 32.2. The Balaban J connectivity index is 2.06. The van der Waals surface area contributed by atoms with Gasteiger partial charge in [-0.05, 0) is 28.7 Å².